The van der Waals surface area contributed by atoms with Gasteiger partial charge in [-0.2, -0.15) is 16.5 Å². The Bertz CT molecular complexity index is 609. The van der Waals surface area contributed by atoms with E-state index in [2.05, 4.69) is 10.0 Å². The average Bonchev–Trinajstić information content (AvgIpc) is 2.44. The van der Waals surface area contributed by atoms with Gasteiger partial charge in [-0.15, -0.1) is 0 Å². The van der Waals surface area contributed by atoms with Gasteiger partial charge in [-0.25, -0.2) is 8.42 Å². The van der Waals surface area contributed by atoms with Crippen LogP contribution >= 0.6 is 35.0 Å². The van der Waals surface area contributed by atoms with Gasteiger partial charge in [-0.1, -0.05) is 23.2 Å². The second kappa shape index (κ2) is 8.24. The molecule has 1 amide bonds. The van der Waals surface area contributed by atoms with Gasteiger partial charge in [0.25, 0.3) is 0 Å². The van der Waals surface area contributed by atoms with Crippen molar-refractivity contribution in [3.05, 3.63) is 28.2 Å². The summed E-state index contributed by atoms with van der Waals surface area (Å²) in [5, 5.41) is 2.74. The van der Waals surface area contributed by atoms with Gasteiger partial charge >= 0.3 is 0 Å². The van der Waals surface area contributed by atoms with Crippen LogP contribution in [-0.4, -0.2) is 39.4 Å². The number of hydrogen-bond acceptors (Lipinski definition) is 4. The van der Waals surface area contributed by atoms with Gasteiger partial charge in [0, 0.05) is 12.1 Å². The maximum atomic E-state index is 12.4. The average molecular weight is 371 g/mol. The Kier molecular flexibility index (Phi) is 7.29. The normalized spacial score (nSPS) is 13.0. The van der Waals surface area contributed by atoms with Gasteiger partial charge in [0.2, 0.25) is 15.9 Å². The number of rotatable bonds is 7. The van der Waals surface area contributed by atoms with Crippen molar-refractivity contribution in [3.63, 3.8) is 0 Å². The van der Waals surface area contributed by atoms with Crippen molar-refractivity contribution in [1.29, 1.82) is 0 Å². The first-order chi connectivity index (χ1) is 9.81. The summed E-state index contributed by atoms with van der Waals surface area (Å²) in [6, 6.07) is 3.28. The van der Waals surface area contributed by atoms with E-state index in [-0.39, 0.29) is 14.9 Å². The SMILES string of the molecule is CNC(=O)[C@@H](CCSC)NS(=O)(=O)c1cc(Cl)ccc1Cl. The number of sulfonamides is 1. The van der Waals surface area contributed by atoms with Crippen molar-refractivity contribution >= 4 is 50.9 Å². The maximum Gasteiger partial charge on any atom is 0.242 e. The Hall–Kier alpha value is -0.470. The minimum atomic E-state index is -3.93. The first-order valence-corrected chi connectivity index (χ1v) is 9.63. The van der Waals surface area contributed by atoms with Crippen molar-refractivity contribution in [3.8, 4) is 0 Å². The van der Waals surface area contributed by atoms with Crippen LogP contribution in [0.15, 0.2) is 23.1 Å². The van der Waals surface area contributed by atoms with Crippen LogP contribution in [0.25, 0.3) is 0 Å². The fourth-order valence-electron chi connectivity index (χ4n) is 1.59. The molecule has 0 spiro atoms. The summed E-state index contributed by atoms with van der Waals surface area (Å²) in [6.07, 6.45) is 2.25. The van der Waals surface area contributed by atoms with Crippen LogP contribution in [-0.2, 0) is 14.8 Å². The number of halogens is 2. The molecular weight excluding hydrogens is 355 g/mol. The molecule has 0 radical (unpaired) electrons. The molecule has 0 aliphatic heterocycles. The van der Waals surface area contributed by atoms with Crippen LogP contribution in [0.3, 0.4) is 0 Å². The Morgan fingerprint density at radius 1 is 1.38 bits per heavy atom. The molecule has 21 heavy (non-hydrogen) atoms. The zero-order valence-electron chi connectivity index (χ0n) is 11.5. The quantitative estimate of drug-likeness (QED) is 0.770. The van der Waals surface area contributed by atoms with Crippen molar-refractivity contribution in [2.45, 2.75) is 17.4 Å². The molecule has 0 aromatic heterocycles. The lowest BCUT2D eigenvalue weighted by Crippen LogP contribution is -2.46. The fraction of sp³-hybridized carbons (Fsp3) is 0.417. The maximum absolute atomic E-state index is 12.4. The smallest absolute Gasteiger partial charge is 0.242 e. The lowest BCUT2D eigenvalue weighted by Gasteiger charge is -2.17. The van der Waals surface area contributed by atoms with E-state index in [0.717, 1.165) is 0 Å². The van der Waals surface area contributed by atoms with Crippen LogP contribution in [0.1, 0.15) is 6.42 Å². The Morgan fingerprint density at radius 3 is 2.62 bits per heavy atom. The van der Waals surface area contributed by atoms with Crippen LogP contribution in [0, 0.1) is 0 Å². The van der Waals surface area contributed by atoms with Gasteiger partial charge in [0.15, 0.2) is 0 Å². The molecule has 118 valence electrons. The molecular formula is C12H16Cl2N2O3S2. The second-order valence-electron chi connectivity index (χ2n) is 4.14. The van der Waals surface area contributed by atoms with Crippen LogP contribution < -0.4 is 10.0 Å². The molecule has 0 heterocycles. The van der Waals surface area contributed by atoms with E-state index >= 15 is 0 Å². The molecule has 0 saturated carbocycles. The standard InChI is InChI=1S/C12H16Cl2N2O3S2/c1-15-12(17)10(5-6-20-2)16-21(18,19)11-7-8(13)3-4-9(11)14/h3-4,7,10,16H,5-6H2,1-2H3,(H,15,17)/t10-/m1/s1. The number of amides is 1. The topological polar surface area (TPSA) is 75.3 Å². The van der Waals surface area contributed by atoms with E-state index in [4.69, 9.17) is 23.2 Å². The molecule has 0 unspecified atom stereocenters. The van der Waals surface area contributed by atoms with E-state index in [1.165, 1.54) is 37.0 Å². The molecule has 1 atom stereocenters. The van der Waals surface area contributed by atoms with E-state index < -0.39 is 22.0 Å². The van der Waals surface area contributed by atoms with E-state index in [9.17, 15) is 13.2 Å². The Morgan fingerprint density at radius 2 is 2.05 bits per heavy atom. The molecule has 0 saturated heterocycles. The second-order valence-corrected chi connectivity index (χ2v) is 7.66. The van der Waals surface area contributed by atoms with Crippen molar-refractivity contribution in [2.24, 2.45) is 0 Å². The lowest BCUT2D eigenvalue weighted by molar-refractivity contribution is -0.122. The van der Waals surface area contributed by atoms with E-state index in [1.54, 1.807) is 0 Å². The number of carbonyl (C=O) groups excluding carboxylic acids is 1. The molecule has 9 heteroatoms. The number of nitrogens with one attached hydrogen (secondary N) is 2. The van der Waals surface area contributed by atoms with Gasteiger partial charge in [0.1, 0.15) is 10.9 Å². The van der Waals surface area contributed by atoms with Gasteiger partial charge in [-0.05, 0) is 36.6 Å². The third-order valence-electron chi connectivity index (χ3n) is 2.65. The first kappa shape index (κ1) is 18.6. The van der Waals surface area contributed by atoms with Crippen molar-refractivity contribution in [2.75, 3.05) is 19.1 Å². The summed E-state index contributed by atoms with van der Waals surface area (Å²) in [5.74, 6) is 0.245. The summed E-state index contributed by atoms with van der Waals surface area (Å²) in [5.41, 5.74) is 0. The molecule has 1 rings (SSSR count). The molecule has 1 aromatic carbocycles. The van der Waals surface area contributed by atoms with Crippen LogP contribution in [0.4, 0.5) is 0 Å². The molecule has 0 bridgehead atoms. The third-order valence-corrected chi connectivity index (χ3v) is 5.49. The number of hydrogen-bond donors (Lipinski definition) is 2. The summed E-state index contributed by atoms with van der Waals surface area (Å²) in [4.78, 5) is 11.6. The highest BCUT2D eigenvalue weighted by Crippen LogP contribution is 2.25. The molecule has 5 nitrogen and oxygen atoms in total. The number of thioether (sulfide) groups is 1. The Labute approximate surface area is 138 Å². The molecule has 1 aromatic rings. The number of carbonyl (C=O) groups is 1. The summed E-state index contributed by atoms with van der Waals surface area (Å²) in [6.45, 7) is 0. The minimum absolute atomic E-state index is 0.0485. The zero-order chi connectivity index (χ0) is 16.0. The van der Waals surface area contributed by atoms with Gasteiger partial charge in [0.05, 0.1) is 5.02 Å². The van der Waals surface area contributed by atoms with Gasteiger partial charge in [-0.3, -0.25) is 4.79 Å². The largest absolute Gasteiger partial charge is 0.358 e. The van der Waals surface area contributed by atoms with Crippen molar-refractivity contribution in [1.82, 2.24) is 10.0 Å². The van der Waals surface area contributed by atoms with Crippen LogP contribution in [0.5, 0.6) is 0 Å². The first-order valence-electron chi connectivity index (χ1n) is 5.99. The zero-order valence-corrected chi connectivity index (χ0v) is 14.7. The minimum Gasteiger partial charge on any atom is -0.358 e. The summed E-state index contributed by atoms with van der Waals surface area (Å²) >= 11 is 13.2. The molecule has 0 fully saturated rings. The van der Waals surface area contributed by atoms with E-state index in [0.29, 0.717) is 12.2 Å². The molecule has 0 aliphatic rings. The number of benzene rings is 1. The number of likely N-dealkylation sites (N-methyl/N-ethyl adjacent to an activating group) is 1. The Balaban J connectivity index is 3.05. The fourth-order valence-corrected chi connectivity index (χ4v) is 4.05. The van der Waals surface area contributed by atoms with Gasteiger partial charge < -0.3 is 5.32 Å². The van der Waals surface area contributed by atoms with Crippen molar-refractivity contribution < 1.29 is 13.2 Å². The molecule has 0 aliphatic carbocycles. The summed E-state index contributed by atoms with van der Waals surface area (Å²) in [7, 11) is -2.48. The predicted octanol–water partition coefficient (Wildman–Crippen LogP) is 2.14. The van der Waals surface area contributed by atoms with Crippen LogP contribution in [0.2, 0.25) is 10.0 Å². The highest BCUT2D eigenvalue weighted by Gasteiger charge is 2.26. The van der Waals surface area contributed by atoms with E-state index in [1.807, 2.05) is 6.26 Å². The third kappa shape index (κ3) is 5.34. The summed E-state index contributed by atoms with van der Waals surface area (Å²) < 4.78 is 27.1. The molecule has 2 N–H and O–H groups in total. The highest BCUT2D eigenvalue weighted by molar-refractivity contribution is 7.98. The lowest BCUT2D eigenvalue weighted by atomic mass is 10.2. The highest BCUT2D eigenvalue weighted by atomic mass is 35.5. The predicted molar refractivity (Wildman–Crippen MR) is 87.6 cm³/mol. The monoisotopic (exact) mass is 370 g/mol.